The number of hydrogen-bond acceptors (Lipinski definition) is 4. The molecule has 1 heterocycles. The molecule has 72 valence electrons. The van der Waals surface area contributed by atoms with Crippen molar-refractivity contribution in [2.24, 2.45) is 0 Å². The number of ether oxygens (including phenoxy) is 1. The molecule has 0 spiro atoms. The zero-order chi connectivity index (χ0) is 9.68. The quantitative estimate of drug-likeness (QED) is 0.732. The molecule has 0 saturated carbocycles. The molecule has 0 fully saturated rings. The molecule has 0 aliphatic rings. The second-order valence-corrected chi connectivity index (χ2v) is 2.65. The number of aromatic hydroxyl groups is 1. The van der Waals surface area contributed by atoms with Crippen molar-refractivity contribution >= 4 is 0 Å². The third kappa shape index (κ3) is 2.59. The Morgan fingerprint density at radius 1 is 1.54 bits per heavy atom. The highest BCUT2D eigenvalue weighted by Gasteiger charge is 2.03. The Balaban J connectivity index is 2.73. The Morgan fingerprint density at radius 2 is 2.31 bits per heavy atom. The van der Waals surface area contributed by atoms with E-state index < -0.39 is 0 Å². The number of nitrogens with zero attached hydrogens (tertiary/aromatic N) is 1. The Kier molecular flexibility index (Phi) is 3.52. The lowest BCUT2D eigenvalue weighted by Crippen LogP contribution is -1.97. The van der Waals surface area contributed by atoms with E-state index in [-0.39, 0.29) is 12.4 Å². The third-order valence-electron chi connectivity index (χ3n) is 1.53. The van der Waals surface area contributed by atoms with E-state index in [1.54, 1.807) is 0 Å². The van der Waals surface area contributed by atoms with Gasteiger partial charge < -0.3 is 14.9 Å². The van der Waals surface area contributed by atoms with Crippen LogP contribution in [0.1, 0.15) is 19.0 Å². The summed E-state index contributed by atoms with van der Waals surface area (Å²) in [7, 11) is 0. The van der Waals surface area contributed by atoms with Crippen molar-refractivity contribution in [1.82, 2.24) is 4.98 Å². The van der Waals surface area contributed by atoms with E-state index in [2.05, 4.69) is 4.98 Å². The molecule has 0 aromatic carbocycles. The summed E-state index contributed by atoms with van der Waals surface area (Å²) in [5.74, 6) is 0.381. The molecule has 1 aromatic heterocycles. The summed E-state index contributed by atoms with van der Waals surface area (Å²) < 4.78 is 5.19. The summed E-state index contributed by atoms with van der Waals surface area (Å²) in [6.45, 7) is 2.35. The molecule has 1 rings (SSSR count). The number of hydrogen-bond donors (Lipinski definition) is 2. The lowest BCUT2D eigenvalue weighted by Gasteiger charge is -2.06. The Morgan fingerprint density at radius 3 is 2.85 bits per heavy atom. The Hall–Kier alpha value is -1.29. The molecule has 13 heavy (non-hydrogen) atoms. The largest absolute Gasteiger partial charge is 0.504 e. The minimum atomic E-state index is -0.179. The molecular formula is C9H13NO3. The monoisotopic (exact) mass is 183 g/mol. The van der Waals surface area contributed by atoms with Gasteiger partial charge in [0.1, 0.15) is 0 Å². The average molecular weight is 183 g/mol. The van der Waals surface area contributed by atoms with E-state index in [9.17, 15) is 5.11 Å². The minimum Gasteiger partial charge on any atom is -0.504 e. The summed E-state index contributed by atoms with van der Waals surface area (Å²) in [5, 5.41) is 18.1. The van der Waals surface area contributed by atoms with Crippen LogP contribution in [-0.2, 0) is 6.61 Å². The first-order chi connectivity index (χ1) is 6.27. The first-order valence-corrected chi connectivity index (χ1v) is 4.19. The predicted molar refractivity (Wildman–Crippen MR) is 47.6 cm³/mol. The fourth-order valence-electron chi connectivity index (χ4n) is 0.884. The van der Waals surface area contributed by atoms with Crippen LogP contribution in [-0.4, -0.2) is 21.8 Å². The van der Waals surface area contributed by atoms with Crippen molar-refractivity contribution < 1.29 is 14.9 Å². The van der Waals surface area contributed by atoms with Gasteiger partial charge in [0.25, 0.3) is 0 Å². The molecular weight excluding hydrogens is 170 g/mol. The number of aliphatic hydroxyl groups excluding tert-OH is 1. The van der Waals surface area contributed by atoms with Crippen molar-refractivity contribution in [2.75, 3.05) is 6.61 Å². The highest BCUT2D eigenvalue weighted by molar-refractivity contribution is 5.37. The molecule has 0 amide bonds. The summed E-state index contributed by atoms with van der Waals surface area (Å²) in [6, 6.07) is 1.39. The molecule has 0 aliphatic carbocycles. The van der Waals surface area contributed by atoms with Crippen LogP contribution >= 0.6 is 0 Å². The molecule has 1 aromatic rings. The number of rotatable bonds is 4. The number of aliphatic hydroxyl groups is 1. The van der Waals surface area contributed by atoms with Crippen LogP contribution in [0.4, 0.5) is 0 Å². The lowest BCUT2D eigenvalue weighted by molar-refractivity contribution is 0.272. The Bertz CT molecular complexity index is 276. The van der Waals surface area contributed by atoms with Crippen LogP contribution in [0.15, 0.2) is 12.3 Å². The van der Waals surface area contributed by atoms with Crippen LogP contribution in [0, 0.1) is 0 Å². The maximum Gasteiger partial charge on any atom is 0.179 e. The molecule has 0 unspecified atom stereocenters. The normalized spacial score (nSPS) is 10.0. The summed E-state index contributed by atoms with van der Waals surface area (Å²) in [4.78, 5) is 3.88. The third-order valence-corrected chi connectivity index (χ3v) is 1.53. The molecule has 2 N–H and O–H groups in total. The summed E-state index contributed by atoms with van der Waals surface area (Å²) in [5.41, 5.74) is 0.432. The van der Waals surface area contributed by atoms with Gasteiger partial charge in [0.15, 0.2) is 11.5 Å². The SMILES string of the molecule is CCCOc1cnc(CO)cc1O. The predicted octanol–water partition coefficient (Wildman–Crippen LogP) is 1.07. The fraction of sp³-hybridized carbons (Fsp3) is 0.444. The Labute approximate surface area is 76.8 Å². The molecule has 0 aliphatic heterocycles. The molecule has 4 heteroatoms. The zero-order valence-electron chi connectivity index (χ0n) is 7.53. The van der Waals surface area contributed by atoms with Gasteiger partial charge in [-0.2, -0.15) is 0 Å². The van der Waals surface area contributed by atoms with Crippen LogP contribution in [0.3, 0.4) is 0 Å². The second-order valence-electron chi connectivity index (χ2n) is 2.65. The van der Waals surface area contributed by atoms with Crippen LogP contribution in [0.2, 0.25) is 0 Å². The van der Waals surface area contributed by atoms with Crippen molar-refractivity contribution in [2.45, 2.75) is 20.0 Å². The van der Waals surface area contributed by atoms with E-state index in [1.807, 2.05) is 6.92 Å². The molecule has 0 saturated heterocycles. The lowest BCUT2D eigenvalue weighted by atomic mass is 10.3. The van der Waals surface area contributed by atoms with E-state index >= 15 is 0 Å². The van der Waals surface area contributed by atoms with E-state index in [4.69, 9.17) is 9.84 Å². The van der Waals surface area contributed by atoms with E-state index in [0.29, 0.717) is 18.1 Å². The zero-order valence-corrected chi connectivity index (χ0v) is 7.53. The van der Waals surface area contributed by atoms with Crippen molar-refractivity contribution in [3.05, 3.63) is 18.0 Å². The standard InChI is InChI=1S/C9H13NO3/c1-2-3-13-9-5-10-7(6-11)4-8(9)12/h4-5,11H,2-3,6H2,1H3,(H,10,12). The number of aromatic nitrogens is 1. The fourth-order valence-corrected chi connectivity index (χ4v) is 0.884. The second kappa shape index (κ2) is 4.67. The van der Waals surface area contributed by atoms with Gasteiger partial charge in [-0.05, 0) is 6.42 Å². The highest BCUT2D eigenvalue weighted by Crippen LogP contribution is 2.24. The van der Waals surface area contributed by atoms with Gasteiger partial charge in [-0.3, -0.25) is 4.98 Å². The maximum absolute atomic E-state index is 9.37. The summed E-state index contributed by atoms with van der Waals surface area (Å²) in [6.07, 6.45) is 2.29. The van der Waals surface area contributed by atoms with Crippen LogP contribution in [0.25, 0.3) is 0 Å². The first-order valence-electron chi connectivity index (χ1n) is 4.19. The minimum absolute atomic E-state index is 0.0208. The van der Waals surface area contributed by atoms with Crippen LogP contribution < -0.4 is 4.74 Å². The maximum atomic E-state index is 9.37. The molecule has 0 bridgehead atoms. The van der Waals surface area contributed by atoms with Gasteiger partial charge in [0.2, 0.25) is 0 Å². The average Bonchev–Trinajstić information content (AvgIpc) is 2.16. The first kappa shape index (κ1) is 9.80. The van der Waals surface area contributed by atoms with Gasteiger partial charge in [0.05, 0.1) is 25.1 Å². The van der Waals surface area contributed by atoms with Gasteiger partial charge in [-0.25, -0.2) is 0 Å². The van der Waals surface area contributed by atoms with E-state index in [0.717, 1.165) is 6.42 Å². The van der Waals surface area contributed by atoms with Crippen LogP contribution in [0.5, 0.6) is 11.5 Å². The molecule has 0 atom stereocenters. The van der Waals surface area contributed by atoms with Gasteiger partial charge in [-0.1, -0.05) is 6.92 Å². The van der Waals surface area contributed by atoms with Gasteiger partial charge in [0, 0.05) is 6.07 Å². The van der Waals surface area contributed by atoms with Gasteiger partial charge >= 0.3 is 0 Å². The van der Waals surface area contributed by atoms with Gasteiger partial charge in [-0.15, -0.1) is 0 Å². The van der Waals surface area contributed by atoms with Crippen molar-refractivity contribution in [3.63, 3.8) is 0 Å². The number of pyridine rings is 1. The highest BCUT2D eigenvalue weighted by atomic mass is 16.5. The topological polar surface area (TPSA) is 62.6 Å². The van der Waals surface area contributed by atoms with E-state index in [1.165, 1.54) is 12.3 Å². The molecule has 0 radical (unpaired) electrons. The van der Waals surface area contributed by atoms with Crippen molar-refractivity contribution in [1.29, 1.82) is 0 Å². The smallest absolute Gasteiger partial charge is 0.179 e. The van der Waals surface area contributed by atoms with Crippen molar-refractivity contribution in [3.8, 4) is 11.5 Å². The summed E-state index contributed by atoms with van der Waals surface area (Å²) >= 11 is 0. The molecule has 4 nitrogen and oxygen atoms in total.